The molecular weight excluding hydrogens is 234 g/mol. The molecule has 0 aliphatic rings. The molecule has 2 aromatic rings. The second-order valence-electron chi connectivity index (χ2n) is 4.58. The lowest BCUT2D eigenvalue weighted by Gasteiger charge is -2.20. The van der Waals surface area contributed by atoms with Gasteiger partial charge in [0, 0.05) is 0 Å². The normalized spacial score (nSPS) is 12.2. The molecule has 0 saturated heterocycles. The molecule has 0 fully saturated rings. The molecule has 19 heavy (non-hydrogen) atoms. The quantitative estimate of drug-likeness (QED) is 0.879. The van der Waals surface area contributed by atoms with Crippen molar-refractivity contribution in [1.29, 1.82) is 0 Å². The van der Waals surface area contributed by atoms with Crippen molar-refractivity contribution in [2.45, 2.75) is 19.9 Å². The molecule has 2 heteroatoms. The van der Waals surface area contributed by atoms with Gasteiger partial charge in [0.15, 0.2) is 0 Å². The summed E-state index contributed by atoms with van der Waals surface area (Å²) in [6.45, 7) is 4.84. The van der Waals surface area contributed by atoms with Crippen LogP contribution >= 0.6 is 0 Å². The second-order valence-corrected chi connectivity index (χ2v) is 4.58. The van der Waals surface area contributed by atoms with Gasteiger partial charge < -0.3 is 10.1 Å². The van der Waals surface area contributed by atoms with Gasteiger partial charge in [-0.15, -0.1) is 0 Å². The maximum Gasteiger partial charge on any atom is 0.119 e. The molecule has 0 aliphatic carbocycles. The van der Waals surface area contributed by atoms with E-state index >= 15 is 0 Å². The van der Waals surface area contributed by atoms with E-state index in [9.17, 15) is 0 Å². The number of rotatable bonds is 5. The number of nitrogens with one attached hydrogen (secondary N) is 1. The van der Waals surface area contributed by atoms with Crippen LogP contribution in [0.15, 0.2) is 48.5 Å². The zero-order chi connectivity index (χ0) is 13.7. The van der Waals surface area contributed by atoms with E-state index in [-0.39, 0.29) is 6.04 Å². The highest BCUT2D eigenvalue weighted by Crippen LogP contribution is 2.26. The SMILES string of the molecule is CCOc1cccc(C(NC)c2ccccc2C)c1. The highest BCUT2D eigenvalue weighted by molar-refractivity contribution is 5.39. The Morgan fingerprint density at radius 2 is 1.89 bits per heavy atom. The van der Waals surface area contributed by atoms with Crippen molar-refractivity contribution in [3.63, 3.8) is 0 Å². The van der Waals surface area contributed by atoms with Gasteiger partial charge in [-0.2, -0.15) is 0 Å². The summed E-state index contributed by atoms with van der Waals surface area (Å²) in [5.41, 5.74) is 3.82. The van der Waals surface area contributed by atoms with Crippen molar-refractivity contribution in [3.8, 4) is 5.75 Å². The number of benzene rings is 2. The number of hydrogen-bond donors (Lipinski definition) is 1. The summed E-state index contributed by atoms with van der Waals surface area (Å²) >= 11 is 0. The first-order valence-electron chi connectivity index (χ1n) is 6.71. The summed E-state index contributed by atoms with van der Waals surface area (Å²) in [6, 6.07) is 17.0. The van der Waals surface area contributed by atoms with Crippen LogP contribution in [0.4, 0.5) is 0 Å². The zero-order valence-corrected chi connectivity index (χ0v) is 11.8. The van der Waals surface area contributed by atoms with Crippen molar-refractivity contribution in [2.75, 3.05) is 13.7 Å². The molecule has 0 heterocycles. The number of ether oxygens (including phenoxy) is 1. The Balaban J connectivity index is 2.37. The summed E-state index contributed by atoms with van der Waals surface area (Å²) in [7, 11) is 1.99. The zero-order valence-electron chi connectivity index (χ0n) is 11.8. The lowest BCUT2D eigenvalue weighted by molar-refractivity contribution is 0.339. The van der Waals surface area contributed by atoms with Crippen molar-refractivity contribution < 1.29 is 4.74 Å². The highest BCUT2D eigenvalue weighted by Gasteiger charge is 2.14. The minimum atomic E-state index is 0.196. The molecule has 1 atom stereocenters. The summed E-state index contributed by atoms with van der Waals surface area (Å²) < 4.78 is 5.58. The first-order chi connectivity index (χ1) is 9.26. The van der Waals surface area contributed by atoms with E-state index in [0.29, 0.717) is 6.61 Å². The average Bonchev–Trinajstić information content (AvgIpc) is 2.43. The summed E-state index contributed by atoms with van der Waals surface area (Å²) in [5.74, 6) is 0.925. The van der Waals surface area contributed by atoms with E-state index < -0.39 is 0 Å². The van der Waals surface area contributed by atoms with Crippen LogP contribution in [0, 0.1) is 6.92 Å². The largest absolute Gasteiger partial charge is 0.494 e. The standard InChI is InChI=1S/C17H21NO/c1-4-19-15-10-7-9-14(12-15)17(18-3)16-11-6-5-8-13(16)2/h5-12,17-18H,4H2,1-3H3. The van der Waals surface area contributed by atoms with Gasteiger partial charge in [0.2, 0.25) is 0 Å². The van der Waals surface area contributed by atoms with E-state index in [1.165, 1.54) is 16.7 Å². The Hall–Kier alpha value is -1.80. The Morgan fingerprint density at radius 1 is 1.11 bits per heavy atom. The van der Waals surface area contributed by atoms with Gasteiger partial charge in [0.1, 0.15) is 5.75 Å². The Morgan fingerprint density at radius 3 is 2.58 bits per heavy atom. The van der Waals surface area contributed by atoms with Crippen LogP contribution in [0.5, 0.6) is 5.75 Å². The molecule has 0 aromatic heterocycles. The van der Waals surface area contributed by atoms with E-state index in [1.54, 1.807) is 0 Å². The minimum absolute atomic E-state index is 0.196. The fourth-order valence-corrected chi connectivity index (χ4v) is 2.36. The van der Waals surface area contributed by atoms with Gasteiger partial charge >= 0.3 is 0 Å². The fourth-order valence-electron chi connectivity index (χ4n) is 2.36. The molecule has 100 valence electrons. The van der Waals surface area contributed by atoms with Gasteiger partial charge in [-0.05, 0) is 49.7 Å². The maximum atomic E-state index is 5.58. The molecule has 2 nitrogen and oxygen atoms in total. The molecule has 1 unspecified atom stereocenters. The summed E-state index contributed by atoms with van der Waals surface area (Å²) in [4.78, 5) is 0. The smallest absolute Gasteiger partial charge is 0.119 e. The third kappa shape index (κ3) is 3.15. The average molecular weight is 255 g/mol. The molecular formula is C17H21NO. The van der Waals surface area contributed by atoms with Crippen molar-refractivity contribution >= 4 is 0 Å². The van der Waals surface area contributed by atoms with Gasteiger partial charge in [-0.3, -0.25) is 0 Å². The van der Waals surface area contributed by atoms with Crippen molar-refractivity contribution in [2.24, 2.45) is 0 Å². The monoisotopic (exact) mass is 255 g/mol. The third-order valence-corrected chi connectivity index (χ3v) is 3.29. The number of aryl methyl sites for hydroxylation is 1. The minimum Gasteiger partial charge on any atom is -0.494 e. The molecule has 2 rings (SSSR count). The first-order valence-corrected chi connectivity index (χ1v) is 6.71. The van der Waals surface area contributed by atoms with Crippen LogP contribution in [0.1, 0.15) is 29.7 Å². The summed E-state index contributed by atoms with van der Waals surface area (Å²) in [5, 5.41) is 3.39. The van der Waals surface area contributed by atoms with E-state index in [4.69, 9.17) is 4.74 Å². The predicted octanol–water partition coefficient (Wildman–Crippen LogP) is 3.70. The topological polar surface area (TPSA) is 21.3 Å². The van der Waals surface area contributed by atoms with Crippen LogP contribution in [0.2, 0.25) is 0 Å². The number of hydrogen-bond acceptors (Lipinski definition) is 2. The van der Waals surface area contributed by atoms with Crippen LogP contribution in [-0.2, 0) is 0 Å². The van der Waals surface area contributed by atoms with Gasteiger partial charge in [-0.1, -0.05) is 36.4 Å². The first kappa shape index (κ1) is 13.6. The second kappa shape index (κ2) is 6.39. The lowest BCUT2D eigenvalue weighted by atomic mass is 9.95. The van der Waals surface area contributed by atoms with Gasteiger partial charge in [0.05, 0.1) is 12.6 Å². The van der Waals surface area contributed by atoms with Gasteiger partial charge in [-0.25, -0.2) is 0 Å². The Kier molecular flexibility index (Phi) is 4.58. The summed E-state index contributed by atoms with van der Waals surface area (Å²) in [6.07, 6.45) is 0. The third-order valence-electron chi connectivity index (χ3n) is 3.29. The van der Waals surface area contributed by atoms with Crippen molar-refractivity contribution in [3.05, 3.63) is 65.2 Å². The Labute approximate surface area is 115 Å². The Bertz CT molecular complexity index is 536. The molecule has 1 N–H and O–H groups in total. The van der Waals surface area contributed by atoms with E-state index in [1.807, 2.05) is 26.1 Å². The van der Waals surface area contributed by atoms with Crippen LogP contribution < -0.4 is 10.1 Å². The van der Waals surface area contributed by atoms with Crippen LogP contribution in [-0.4, -0.2) is 13.7 Å². The highest BCUT2D eigenvalue weighted by atomic mass is 16.5. The molecule has 0 radical (unpaired) electrons. The fraction of sp³-hybridized carbons (Fsp3) is 0.294. The maximum absolute atomic E-state index is 5.58. The molecule has 0 bridgehead atoms. The van der Waals surface area contributed by atoms with E-state index in [0.717, 1.165) is 5.75 Å². The van der Waals surface area contributed by atoms with Crippen molar-refractivity contribution in [1.82, 2.24) is 5.32 Å². The van der Waals surface area contributed by atoms with E-state index in [2.05, 4.69) is 48.6 Å². The molecule has 0 amide bonds. The molecule has 0 saturated carbocycles. The van der Waals surface area contributed by atoms with Crippen LogP contribution in [0.25, 0.3) is 0 Å². The molecule has 2 aromatic carbocycles. The van der Waals surface area contributed by atoms with Gasteiger partial charge in [0.25, 0.3) is 0 Å². The lowest BCUT2D eigenvalue weighted by Crippen LogP contribution is -2.18. The van der Waals surface area contributed by atoms with Crippen LogP contribution in [0.3, 0.4) is 0 Å². The predicted molar refractivity (Wildman–Crippen MR) is 79.7 cm³/mol. The molecule has 0 aliphatic heterocycles. The molecule has 0 spiro atoms.